The van der Waals surface area contributed by atoms with Gasteiger partial charge in [-0.25, -0.2) is 4.39 Å². The largest absolute Gasteiger partial charge is 0.491 e. The Bertz CT molecular complexity index is 299. The molecule has 0 aliphatic carbocycles. The minimum Gasteiger partial charge on any atom is -0.491 e. The summed E-state index contributed by atoms with van der Waals surface area (Å²) in [6.07, 6.45) is 0. The second kappa shape index (κ2) is 4.96. The van der Waals surface area contributed by atoms with Crippen LogP contribution in [0, 0.1) is 5.82 Å². The van der Waals surface area contributed by atoms with Gasteiger partial charge in [0.05, 0.1) is 6.61 Å². The molecule has 14 heavy (non-hydrogen) atoms. The van der Waals surface area contributed by atoms with Crippen LogP contribution in [0.4, 0.5) is 4.39 Å². The lowest BCUT2D eigenvalue weighted by atomic mass is 10.0. The van der Waals surface area contributed by atoms with Crippen LogP contribution >= 0.6 is 0 Å². The van der Waals surface area contributed by atoms with Gasteiger partial charge >= 0.3 is 0 Å². The Labute approximate surface area is 83.3 Å². The number of benzene rings is 1. The molecule has 1 unspecified atom stereocenters. The van der Waals surface area contributed by atoms with Crippen LogP contribution in [-0.2, 0) is 0 Å². The van der Waals surface area contributed by atoms with Crippen LogP contribution < -0.4 is 4.74 Å². The van der Waals surface area contributed by atoms with Crippen molar-refractivity contribution in [2.24, 2.45) is 0 Å². The fraction of sp³-hybridized carbons (Fsp3) is 0.455. The van der Waals surface area contributed by atoms with Gasteiger partial charge in [0.25, 0.3) is 0 Å². The summed E-state index contributed by atoms with van der Waals surface area (Å²) < 4.78 is 18.8. The van der Waals surface area contributed by atoms with Crippen LogP contribution in [0.2, 0.25) is 0 Å². The number of ether oxygens (including phenoxy) is 1. The smallest absolute Gasteiger partial charge is 0.168 e. The third-order valence-corrected chi connectivity index (χ3v) is 2.10. The van der Waals surface area contributed by atoms with Crippen molar-refractivity contribution in [3.63, 3.8) is 0 Å². The number of hydrogen-bond acceptors (Lipinski definition) is 2. The molecular weight excluding hydrogens is 183 g/mol. The topological polar surface area (TPSA) is 29.5 Å². The van der Waals surface area contributed by atoms with Gasteiger partial charge in [-0.1, -0.05) is 19.1 Å². The zero-order valence-electron chi connectivity index (χ0n) is 8.46. The monoisotopic (exact) mass is 198 g/mol. The van der Waals surface area contributed by atoms with E-state index in [0.717, 1.165) is 0 Å². The van der Waals surface area contributed by atoms with Crippen LogP contribution in [0.1, 0.15) is 25.3 Å². The summed E-state index contributed by atoms with van der Waals surface area (Å²) in [4.78, 5) is 0. The van der Waals surface area contributed by atoms with Crippen molar-refractivity contribution in [2.75, 3.05) is 13.2 Å². The van der Waals surface area contributed by atoms with Gasteiger partial charge in [-0.2, -0.15) is 0 Å². The van der Waals surface area contributed by atoms with Gasteiger partial charge in [0, 0.05) is 12.5 Å². The third kappa shape index (κ3) is 2.23. The normalized spacial score (nSPS) is 12.6. The average molecular weight is 198 g/mol. The summed E-state index contributed by atoms with van der Waals surface area (Å²) in [7, 11) is 0. The molecule has 0 aliphatic rings. The van der Waals surface area contributed by atoms with E-state index in [1.165, 1.54) is 0 Å². The quantitative estimate of drug-likeness (QED) is 0.804. The van der Waals surface area contributed by atoms with Crippen molar-refractivity contribution in [1.82, 2.24) is 0 Å². The van der Waals surface area contributed by atoms with E-state index in [4.69, 9.17) is 9.84 Å². The maximum absolute atomic E-state index is 13.7. The molecule has 78 valence electrons. The molecule has 0 saturated heterocycles. The van der Waals surface area contributed by atoms with E-state index in [1.807, 2.05) is 6.92 Å². The molecule has 0 amide bonds. The first-order valence-electron chi connectivity index (χ1n) is 4.72. The lowest BCUT2D eigenvalue weighted by molar-refractivity contribution is 0.268. The molecule has 2 nitrogen and oxygen atoms in total. The molecule has 1 aromatic carbocycles. The van der Waals surface area contributed by atoms with Gasteiger partial charge in [0.1, 0.15) is 0 Å². The Morgan fingerprint density at radius 2 is 2.21 bits per heavy atom. The molecule has 0 saturated carbocycles. The first-order valence-corrected chi connectivity index (χ1v) is 4.72. The van der Waals surface area contributed by atoms with E-state index in [2.05, 4.69) is 0 Å². The highest BCUT2D eigenvalue weighted by Gasteiger charge is 2.13. The molecule has 0 spiro atoms. The highest BCUT2D eigenvalue weighted by Crippen LogP contribution is 2.25. The van der Waals surface area contributed by atoms with Crippen molar-refractivity contribution in [3.8, 4) is 5.75 Å². The van der Waals surface area contributed by atoms with Gasteiger partial charge in [-0.05, 0) is 18.6 Å². The maximum Gasteiger partial charge on any atom is 0.168 e. The summed E-state index contributed by atoms with van der Waals surface area (Å²) in [5, 5.41) is 8.93. The van der Waals surface area contributed by atoms with Crippen LogP contribution in [-0.4, -0.2) is 18.3 Å². The molecule has 0 aliphatic heterocycles. The van der Waals surface area contributed by atoms with Crippen LogP contribution in [0.25, 0.3) is 0 Å². The first kappa shape index (κ1) is 11.0. The van der Waals surface area contributed by atoms with Crippen LogP contribution in [0.5, 0.6) is 5.75 Å². The van der Waals surface area contributed by atoms with E-state index in [1.54, 1.807) is 25.1 Å². The second-order valence-electron chi connectivity index (χ2n) is 3.18. The van der Waals surface area contributed by atoms with Crippen molar-refractivity contribution < 1.29 is 14.2 Å². The molecule has 1 N–H and O–H groups in total. The fourth-order valence-corrected chi connectivity index (χ4v) is 1.27. The SMILES string of the molecule is CCOc1cccc(C(C)CO)c1F. The van der Waals surface area contributed by atoms with E-state index in [0.29, 0.717) is 12.2 Å². The highest BCUT2D eigenvalue weighted by molar-refractivity contribution is 5.33. The Morgan fingerprint density at radius 3 is 2.79 bits per heavy atom. The van der Waals surface area contributed by atoms with Crippen LogP contribution in [0.15, 0.2) is 18.2 Å². The predicted molar refractivity (Wildman–Crippen MR) is 53.1 cm³/mol. The van der Waals surface area contributed by atoms with Crippen molar-refractivity contribution in [3.05, 3.63) is 29.6 Å². The zero-order chi connectivity index (χ0) is 10.6. The summed E-state index contributed by atoms with van der Waals surface area (Å²) in [5.74, 6) is -0.309. The van der Waals surface area contributed by atoms with Gasteiger partial charge < -0.3 is 9.84 Å². The van der Waals surface area contributed by atoms with Crippen molar-refractivity contribution in [1.29, 1.82) is 0 Å². The number of aliphatic hydroxyl groups excluding tert-OH is 1. The lowest BCUT2D eigenvalue weighted by Gasteiger charge is -2.12. The first-order chi connectivity index (χ1) is 6.70. The molecule has 0 fully saturated rings. The lowest BCUT2D eigenvalue weighted by Crippen LogP contribution is -2.04. The van der Waals surface area contributed by atoms with Crippen molar-refractivity contribution >= 4 is 0 Å². The van der Waals surface area contributed by atoms with Crippen molar-refractivity contribution in [2.45, 2.75) is 19.8 Å². The zero-order valence-corrected chi connectivity index (χ0v) is 8.46. The molecule has 0 radical (unpaired) electrons. The highest BCUT2D eigenvalue weighted by atomic mass is 19.1. The van der Waals surface area contributed by atoms with Gasteiger partial charge in [-0.3, -0.25) is 0 Å². The van der Waals surface area contributed by atoms with Crippen LogP contribution in [0.3, 0.4) is 0 Å². The minimum absolute atomic E-state index is 0.0630. The Hall–Kier alpha value is -1.09. The molecule has 1 aromatic rings. The second-order valence-corrected chi connectivity index (χ2v) is 3.18. The van der Waals surface area contributed by atoms with E-state index >= 15 is 0 Å². The van der Waals surface area contributed by atoms with E-state index < -0.39 is 0 Å². The van der Waals surface area contributed by atoms with Gasteiger partial charge in [0.15, 0.2) is 11.6 Å². The Balaban J connectivity index is 3.00. The Morgan fingerprint density at radius 1 is 1.50 bits per heavy atom. The Kier molecular flexibility index (Phi) is 3.89. The number of hydrogen-bond donors (Lipinski definition) is 1. The maximum atomic E-state index is 13.7. The van der Waals surface area contributed by atoms with E-state index in [-0.39, 0.29) is 24.1 Å². The number of rotatable bonds is 4. The number of halogens is 1. The third-order valence-electron chi connectivity index (χ3n) is 2.10. The predicted octanol–water partition coefficient (Wildman–Crippen LogP) is 2.32. The molecule has 0 heterocycles. The molecular formula is C11H15FO2. The average Bonchev–Trinajstić information content (AvgIpc) is 2.20. The molecule has 3 heteroatoms. The molecule has 0 bridgehead atoms. The van der Waals surface area contributed by atoms with Gasteiger partial charge in [-0.15, -0.1) is 0 Å². The fourth-order valence-electron chi connectivity index (χ4n) is 1.27. The molecule has 1 rings (SSSR count). The standard InChI is InChI=1S/C11H15FO2/c1-3-14-10-6-4-5-9(11(10)12)8(2)7-13/h4-6,8,13H,3,7H2,1-2H3. The summed E-state index contributed by atoms with van der Waals surface area (Å²) in [6.45, 7) is 3.95. The summed E-state index contributed by atoms with van der Waals surface area (Å²) >= 11 is 0. The summed E-state index contributed by atoms with van der Waals surface area (Å²) in [5.41, 5.74) is 0.499. The van der Waals surface area contributed by atoms with Gasteiger partial charge in [0.2, 0.25) is 0 Å². The summed E-state index contributed by atoms with van der Waals surface area (Å²) in [6, 6.07) is 4.99. The minimum atomic E-state index is -0.365. The molecule has 1 atom stereocenters. The van der Waals surface area contributed by atoms with E-state index in [9.17, 15) is 4.39 Å². The molecule has 0 aromatic heterocycles. The number of aliphatic hydroxyl groups is 1.